The first kappa shape index (κ1) is 17.8. The number of aryl methyl sites for hydroxylation is 1. The van der Waals surface area contributed by atoms with Gasteiger partial charge in [0.25, 0.3) is 5.91 Å². The number of likely N-dealkylation sites (tertiary alicyclic amines) is 1. The van der Waals surface area contributed by atoms with Crippen LogP contribution < -0.4 is 14.8 Å². The van der Waals surface area contributed by atoms with E-state index in [1.54, 1.807) is 10.6 Å². The van der Waals surface area contributed by atoms with Crippen molar-refractivity contribution in [2.24, 2.45) is 0 Å². The highest BCUT2D eigenvalue weighted by molar-refractivity contribution is 5.94. The van der Waals surface area contributed by atoms with E-state index in [4.69, 9.17) is 9.47 Å². The lowest BCUT2D eigenvalue weighted by atomic mass is 10.0. The molecular formula is C21H23N5O3. The van der Waals surface area contributed by atoms with Gasteiger partial charge in [0, 0.05) is 43.3 Å². The summed E-state index contributed by atoms with van der Waals surface area (Å²) >= 11 is 0. The third-order valence-electron chi connectivity index (χ3n) is 5.40. The molecule has 0 aliphatic carbocycles. The number of benzene rings is 1. The van der Waals surface area contributed by atoms with E-state index in [0.717, 1.165) is 36.6 Å². The van der Waals surface area contributed by atoms with Crippen LogP contribution in [0.5, 0.6) is 11.5 Å². The van der Waals surface area contributed by atoms with Gasteiger partial charge in [-0.05, 0) is 38.0 Å². The average molecular weight is 393 g/mol. The lowest BCUT2D eigenvalue weighted by Gasteiger charge is -2.34. The summed E-state index contributed by atoms with van der Waals surface area (Å²) in [6.07, 6.45) is 5.47. The minimum Gasteiger partial charge on any atom is -0.486 e. The predicted molar refractivity (Wildman–Crippen MR) is 108 cm³/mol. The van der Waals surface area contributed by atoms with Crippen LogP contribution in [0.2, 0.25) is 0 Å². The van der Waals surface area contributed by atoms with E-state index in [2.05, 4.69) is 15.3 Å². The average Bonchev–Trinajstić information content (AvgIpc) is 3.09. The Labute approximate surface area is 168 Å². The molecule has 0 saturated carbocycles. The fourth-order valence-corrected chi connectivity index (χ4v) is 4.05. The van der Waals surface area contributed by atoms with Gasteiger partial charge in [0.2, 0.25) is 5.78 Å². The molecule has 29 heavy (non-hydrogen) atoms. The number of rotatable bonds is 3. The number of hydrogen-bond acceptors (Lipinski definition) is 6. The van der Waals surface area contributed by atoms with Gasteiger partial charge in [0.15, 0.2) is 11.5 Å². The number of piperidine rings is 1. The fraction of sp³-hybridized carbons (Fsp3) is 0.381. The third-order valence-corrected chi connectivity index (χ3v) is 5.40. The van der Waals surface area contributed by atoms with Crippen molar-refractivity contribution in [1.29, 1.82) is 0 Å². The summed E-state index contributed by atoms with van der Waals surface area (Å²) in [5.41, 5.74) is 2.27. The summed E-state index contributed by atoms with van der Waals surface area (Å²) in [7, 11) is 0. The van der Waals surface area contributed by atoms with E-state index in [0.29, 0.717) is 36.9 Å². The number of carbonyl (C=O) groups is 1. The van der Waals surface area contributed by atoms with E-state index in [-0.39, 0.29) is 11.9 Å². The molecule has 1 saturated heterocycles. The van der Waals surface area contributed by atoms with Gasteiger partial charge < -0.3 is 19.7 Å². The molecule has 1 atom stereocenters. The van der Waals surface area contributed by atoms with Gasteiger partial charge >= 0.3 is 0 Å². The highest BCUT2D eigenvalue weighted by Gasteiger charge is 2.28. The van der Waals surface area contributed by atoms with Crippen LogP contribution >= 0.6 is 0 Å². The van der Waals surface area contributed by atoms with Crippen LogP contribution in [0.1, 0.15) is 29.0 Å². The highest BCUT2D eigenvalue weighted by atomic mass is 16.6. The van der Waals surface area contributed by atoms with Crippen LogP contribution in [0, 0.1) is 6.92 Å². The van der Waals surface area contributed by atoms with Crippen molar-refractivity contribution in [2.75, 3.05) is 31.6 Å². The number of aromatic nitrogens is 3. The van der Waals surface area contributed by atoms with E-state index in [9.17, 15) is 4.79 Å². The molecule has 2 aliphatic heterocycles. The summed E-state index contributed by atoms with van der Waals surface area (Å²) in [5.74, 6) is 2.09. The molecule has 2 aliphatic rings. The number of imidazole rings is 1. The van der Waals surface area contributed by atoms with Crippen molar-refractivity contribution in [2.45, 2.75) is 25.8 Å². The molecule has 8 nitrogen and oxygen atoms in total. The van der Waals surface area contributed by atoms with Crippen LogP contribution in [-0.4, -0.2) is 57.5 Å². The maximum Gasteiger partial charge on any atom is 0.272 e. The number of nitrogens with zero attached hydrogens (tertiary/aromatic N) is 4. The van der Waals surface area contributed by atoms with Crippen LogP contribution in [-0.2, 0) is 0 Å². The van der Waals surface area contributed by atoms with Gasteiger partial charge in [0.05, 0.1) is 5.69 Å². The minimum absolute atomic E-state index is 0.00308. The number of hydrogen-bond donors (Lipinski definition) is 1. The molecule has 4 heterocycles. The van der Waals surface area contributed by atoms with Crippen molar-refractivity contribution in [3.8, 4) is 11.5 Å². The largest absolute Gasteiger partial charge is 0.486 e. The zero-order valence-electron chi connectivity index (χ0n) is 16.3. The second-order valence-corrected chi connectivity index (χ2v) is 7.43. The minimum atomic E-state index is -0.00308. The van der Waals surface area contributed by atoms with Crippen LogP contribution in [0.25, 0.3) is 5.78 Å². The van der Waals surface area contributed by atoms with Crippen LogP contribution in [0.15, 0.2) is 36.7 Å². The Hall–Kier alpha value is -3.29. The lowest BCUT2D eigenvalue weighted by molar-refractivity contribution is 0.0707. The lowest BCUT2D eigenvalue weighted by Crippen LogP contribution is -2.45. The molecule has 5 rings (SSSR count). The standard InChI is InChI=1S/C21H23N5O3/c1-14-19(26-9-3-7-22-21(26)23-14)20(27)25-8-2-4-16(13-25)24-15-5-6-17-18(12-15)29-11-10-28-17/h3,5-7,9,12,16,24H,2,4,8,10-11,13H2,1H3. The molecule has 2 aromatic heterocycles. The van der Waals surface area contributed by atoms with Gasteiger partial charge in [-0.25, -0.2) is 9.97 Å². The van der Waals surface area contributed by atoms with E-state index >= 15 is 0 Å². The van der Waals surface area contributed by atoms with Gasteiger partial charge in [-0.15, -0.1) is 0 Å². The molecule has 0 spiro atoms. The Balaban J connectivity index is 1.33. The maximum atomic E-state index is 13.3. The molecule has 1 unspecified atom stereocenters. The summed E-state index contributed by atoms with van der Waals surface area (Å²) < 4.78 is 13.0. The molecule has 1 amide bonds. The summed E-state index contributed by atoms with van der Waals surface area (Å²) in [5, 5.41) is 3.55. The van der Waals surface area contributed by atoms with Gasteiger partial charge in [0.1, 0.15) is 18.9 Å². The van der Waals surface area contributed by atoms with Crippen molar-refractivity contribution < 1.29 is 14.3 Å². The SMILES string of the molecule is Cc1nc2ncccn2c1C(=O)N1CCCC(Nc2ccc3c(c2)OCCO3)C1. The second-order valence-electron chi connectivity index (χ2n) is 7.43. The second kappa shape index (κ2) is 7.27. The Bertz CT molecular complexity index is 1060. The van der Waals surface area contributed by atoms with Crippen LogP contribution in [0.3, 0.4) is 0 Å². The Morgan fingerprint density at radius 2 is 2.10 bits per heavy atom. The number of ether oxygens (including phenoxy) is 2. The first-order valence-corrected chi connectivity index (χ1v) is 9.94. The number of nitrogens with one attached hydrogen (secondary N) is 1. The van der Waals surface area contributed by atoms with Crippen molar-refractivity contribution >= 4 is 17.4 Å². The van der Waals surface area contributed by atoms with Gasteiger partial charge in [-0.1, -0.05) is 0 Å². The van der Waals surface area contributed by atoms with E-state index in [1.807, 2.05) is 42.3 Å². The molecular weight excluding hydrogens is 370 g/mol. The number of amides is 1. The zero-order valence-corrected chi connectivity index (χ0v) is 16.3. The molecule has 150 valence electrons. The van der Waals surface area contributed by atoms with Crippen molar-refractivity contribution in [3.63, 3.8) is 0 Å². The predicted octanol–water partition coefficient (Wildman–Crippen LogP) is 2.53. The summed E-state index contributed by atoms with van der Waals surface area (Å²) in [4.78, 5) is 23.8. The first-order valence-electron chi connectivity index (χ1n) is 9.94. The normalized spacial score (nSPS) is 18.7. The Morgan fingerprint density at radius 1 is 1.24 bits per heavy atom. The molecule has 1 N–H and O–H groups in total. The first-order chi connectivity index (χ1) is 14.2. The molecule has 3 aromatic rings. The van der Waals surface area contributed by atoms with Gasteiger partial charge in [-0.2, -0.15) is 0 Å². The van der Waals surface area contributed by atoms with E-state index in [1.165, 1.54) is 0 Å². The van der Waals surface area contributed by atoms with E-state index < -0.39 is 0 Å². The summed E-state index contributed by atoms with van der Waals surface area (Å²) in [6.45, 7) is 4.38. The number of fused-ring (bicyclic) bond motifs is 2. The highest BCUT2D eigenvalue weighted by Crippen LogP contribution is 2.33. The summed E-state index contributed by atoms with van der Waals surface area (Å²) in [6, 6.07) is 7.88. The molecule has 1 fully saturated rings. The van der Waals surface area contributed by atoms with Crippen LogP contribution in [0.4, 0.5) is 5.69 Å². The number of anilines is 1. The zero-order chi connectivity index (χ0) is 19.8. The smallest absolute Gasteiger partial charge is 0.272 e. The van der Waals surface area contributed by atoms with Gasteiger partial charge in [-0.3, -0.25) is 9.20 Å². The topological polar surface area (TPSA) is 81.0 Å². The molecule has 0 bridgehead atoms. The Kier molecular flexibility index (Phi) is 4.46. The Morgan fingerprint density at radius 3 is 3.00 bits per heavy atom. The fourth-order valence-electron chi connectivity index (χ4n) is 4.05. The monoisotopic (exact) mass is 393 g/mol. The van der Waals surface area contributed by atoms with Crippen molar-refractivity contribution in [1.82, 2.24) is 19.3 Å². The maximum absolute atomic E-state index is 13.3. The number of carbonyl (C=O) groups excluding carboxylic acids is 1. The molecule has 8 heteroatoms. The molecule has 1 aromatic carbocycles. The quantitative estimate of drug-likeness (QED) is 0.737. The van der Waals surface area contributed by atoms with Crippen molar-refractivity contribution in [3.05, 3.63) is 48.0 Å². The third kappa shape index (κ3) is 3.35. The molecule has 0 radical (unpaired) electrons.